The summed E-state index contributed by atoms with van der Waals surface area (Å²) in [6.45, 7) is 9.84. The van der Waals surface area contributed by atoms with Gasteiger partial charge in [0.1, 0.15) is 0 Å². The molecule has 0 N–H and O–H groups in total. The van der Waals surface area contributed by atoms with Crippen LogP contribution >= 0.6 is 0 Å². The van der Waals surface area contributed by atoms with Gasteiger partial charge in [-0.05, 0) is 41.9 Å². The topological polar surface area (TPSA) is 0 Å². The SMILES string of the molecule is CC1CCC(C)(C)C2(C)CC12. The van der Waals surface area contributed by atoms with Crippen molar-refractivity contribution in [3.63, 3.8) is 0 Å². The summed E-state index contributed by atoms with van der Waals surface area (Å²) in [5.41, 5.74) is 1.34. The predicted octanol–water partition coefficient (Wildman–Crippen LogP) is 3.47. The van der Waals surface area contributed by atoms with E-state index in [2.05, 4.69) is 27.7 Å². The molecule has 0 heterocycles. The Hall–Kier alpha value is 0. The third kappa shape index (κ3) is 0.816. The zero-order valence-electron chi connectivity index (χ0n) is 8.28. The van der Waals surface area contributed by atoms with Gasteiger partial charge in [0.05, 0.1) is 0 Å². The largest absolute Gasteiger partial charge is 0.0622 e. The monoisotopic (exact) mass is 152 g/mol. The molecule has 0 nitrogen and oxygen atoms in total. The van der Waals surface area contributed by atoms with Crippen molar-refractivity contribution in [3.05, 3.63) is 0 Å². The molecular weight excluding hydrogens is 132 g/mol. The van der Waals surface area contributed by atoms with Crippen LogP contribution in [0.2, 0.25) is 0 Å². The highest BCUT2D eigenvalue weighted by Gasteiger charge is 2.62. The lowest BCUT2D eigenvalue weighted by atomic mass is 9.66. The minimum atomic E-state index is 0.629. The van der Waals surface area contributed by atoms with E-state index in [1.54, 1.807) is 0 Å². The van der Waals surface area contributed by atoms with Gasteiger partial charge in [0.15, 0.2) is 0 Å². The van der Waals surface area contributed by atoms with Crippen LogP contribution in [0.5, 0.6) is 0 Å². The molecular formula is C11H20. The second-order valence-corrected chi connectivity index (χ2v) is 5.63. The zero-order chi connectivity index (χ0) is 8.28. The van der Waals surface area contributed by atoms with Crippen molar-refractivity contribution in [2.45, 2.75) is 47.0 Å². The van der Waals surface area contributed by atoms with Crippen LogP contribution in [0.25, 0.3) is 0 Å². The number of fused-ring (bicyclic) bond motifs is 1. The van der Waals surface area contributed by atoms with Crippen molar-refractivity contribution in [2.75, 3.05) is 0 Å². The minimum Gasteiger partial charge on any atom is -0.0622 e. The molecule has 64 valence electrons. The average molecular weight is 152 g/mol. The van der Waals surface area contributed by atoms with Crippen LogP contribution in [-0.2, 0) is 0 Å². The fraction of sp³-hybridized carbons (Fsp3) is 1.00. The van der Waals surface area contributed by atoms with Crippen LogP contribution in [-0.4, -0.2) is 0 Å². The molecule has 0 aliphatic heterocycles. The molecule has 0 spiro atoms. The van der Waals surface area contributed by atoms with Crippen molar-refractivity contribution in [3.8, 4) is 0 Å². The molecule has 2 saturated carbocycles. The molecule has 3 atom stereocenters. The standard InChI is InChI=1S/C11H20/c1-8-5-6-10(2,3)11(4)7-9(8)11/h8-9H,5-7H2,1-4H3. The third-order valence-corrected chi connectivity index (χ3v) is 4.76. The maximum Gasteiger partial charge on any atom is -0.0241 e. The first-order valence-corrected chi connectivity index (χ1v) is 4.97. The Morgan fingerprint density at radius 2 is 1.82 bits per heavy atom. The Balaban J connectivity index is 2.21. The Bertz CT molecular complexity index is 180. The number of hydrogen-bond donors (Lipinski definition) is 0. The second kappa shape index (κ2) is 1.84. The van der Waals surface area contributed by atoms with E-state index in [-0.39, 0.29) is 0 Å². The summed E-state index contributed by atoms with van der Waals surface area (Å²) in [6.07, 6.45) is 4.41. The van der Waals surface area contributed by atoms with Crippen molar-refractivity contribution in [1.82, 2.24) is 0 Å². The minimum absolute atomic E-state index is 0.629. The summed E-state index contributed by atoms with van der Waals surface area (Å²) in [6, 6.07) is 0. The van der Waals surface area contributed by atoms with Crippen LogP contribution in [0, 0.1) is 22.7 Å². The molecule has 0 saturated heterocycles. The molecule has 2 fully saturated rings. The molecule has 3 unspecified atom stereocenters. The first-order chi connectivity index (χ1) is 4.97. The number of hydrogen-bond acceptors (Lipinski definition) is 0. The summed E-state index contributed by atoms with van der Waals surface area (Å²) in [4.78, 5) is 0. The van der Waals surface area contributed by atoms with E-state index in [4.69, 9.17) is 0 Å². The van der Waals surface area contributed by atoms with Gasteiger partial charge in [0, 0.05) is 0 Å². The summed E-state index contributed by atoms with van der Waals surface area (Å²) in [5.74, 6) is 2.07. The van der Waals surface area contributed by atoms with Gasteiger partial charge >= 0.3 is 0 Å². The van der Waals surface area contributed by atoms with Crippen LogP contribution in [0.4, 0.5) is 0 Å². The molecule has 0 radical (unpaired) electrons. The quantitative estimate of drug-likeness (QED) is 0.498. The average Bonchev–Trinajstić information content (AvgIpc) is 2.57. The third-order valence-electron chi connectivity index (χ3n) is 4.76. The van der Waals surface area contributed by atoms with E-state index < -0.39 is 0 Å². The molecule has 2 rings (SSSR count). The van der Waals surface area contributed by atoms with Crippen LogP contribution in [0.15, 0.2) is 0 Å². The van der Waals surface area contributed by atoms with Gasteiger partial charge in [-0.25, -0.2) is 0 Å². The van der Waals surface area contributed by atoms with E-state index in [0.29, 0.717) is 10.8 Å². The van der Waals surface area contributed by atoms with E-state index in [1.807, 2.05) is 0 Å². The highest BCUT2D eigenvalue weighted by molar-refractivity contribution is 5.11. The van der Waals surface area contributed by atoms with Gasteiger partial charge < -0.3 is 0 Å². The Morgan fingerprint density at radius 3 is 2.36 bits per heavy atom. The van der Waals surface area contributed by atoms with Crippen molar-refractivity contribution >= 4 is 0 Å². The zero-order valence-corrected chi connectivity index (χ0v) is 8.28. The van der Waals surface area contributed by atoms with Crippen molar-refractivity contribution < 1.29 is 0 Å². The predicted molar refractivity (Wildman–Crippen MR) is 48.4 cm³/mol. The number of rotatable bonds is 0. The summed E-state index contributed by atoms with van der Waals surface area (Å²) in [7, 11) is 0. The highest BCUT2D eigenvalue weighted by Crippen LogP contribution is 2.70. The molecule has 0 aromatic rings. The molecule has 0 aromatic heterocycles. The Labute approximate surface area is 70.4 Å². The van der Waals surface area contributed by atoms with Gasteiger partial charge in [-0.1, -0.05) is 27.7 Å². The van der Waals surface area contributed by atoms with Gasteiger partial charge in [-0.2, -0.15) is 0 Å². The normalized spacial score (nSPS) is 53.5. The molecule has 11 heavy (non-hydrogen) atoms. The summed E-state index contributed by atoms with van der Waals surface area (Å²) >= 11 is 0. The van der Waals surface area contributed by atoms with Crippen LogP contribution in [0.1, 0.15) is 47.0 Å². The lowest BCUT2D eigenvalue weighted by Crippen LogP contribution is -2.31. The molecule has 0 aromatic carbocycles. The van der Waals surface area contributed by atoms with Gasteiger partial charge in [0.2, 0.25) is 0 Å². The smallest absolute Gasteiger partial charge is 0.0241 e. The van der Waals surface area contributed by atoms with E-state index in [0.717, 1.165) is 11.8 Å². The van der Waals surface area contributed by atoms with Crippen LogP contribution < -0.4 is 0 Å². The maximum atomic E-state index is 2.49. The molecule has 0 bridgehead atoms. The molecule has 2 aliphatic carbocycles. The summed E-state index contributed by atoms with van der Waals surface area (Å²) in [5, 5.41) is 0. The summed E-state index contributed by atoms with van der Waals surface area (Å²) < 4.78 is 0. The molecule has 0 amide bonds. The van der Waals surface area contributed by atoms with Gasteiger partial charge in [0.25, 0.3) is 0 Å². The lowest BCUT2D eigenvalue weighted by molar-refractivity contribution is 0.103. The van der Waals surface area contributed by atoms with Gasteiger partial charge in [-0.3, -0.25) is 0 Å². The second-order valence-electron chi connectivity index (χ2n) is 5.63. The van der Waals surface area contributed by atoms with E-state index in [9.17, 15) is 0 Å². The fourth-order valence-electron chi connectivity index (χ4n) is 3.08. The first kappa shape index (κ1) is 7.64. The maximum absolute atomic E-state index is 2.49. The highest BCUT2D eigenvalue weighted by atomic mass is 14.7. The van der Waals surface area contributed by atoms with Crippen molar-refractivity contribution in [1.29, 1.82) is 0 Å². The van der Waals surface area contributed by atoms with E-state index >= 15 is 0 Å². The van der Waals surface area contributed by atoms with Gasteiger partial charge in [-0.15, -0.1) is 0 Å². The first-order valence-electron chi connectivity index (χ1n) is 4.97. The Morgan fingerprint density at radius 1 is 1.18 bits per heavy atom. The molecule has 0 heteroatoms. The van der Waals surface area contributed by atoms with E-state index in [1.165, 1.54) is 19.3 Å². The lowest BCUT2D eigenvalue weighted by Gasteiger charge is -2.39. The van der Waals surface area contributed by atoms with Crippen molar-refractivity contribution in [2.24, 2.45) is 22.7 Å². The fourth-order valence-corrected chi connectivity index (χ4v) is 3.08. The molecule has 2 aliphatic rings. The van der Waals surface area contributed by atoms with Crippen LogP contribution in [0.3, 0.4) is 0 Å². The Kier molecular flexibility index (Phi) is 1.28.